The maximum Gasteiger partial charge on any atom is 0.144 e. The molecule has 0 saturated heterocycles. The van der Waals surface area contributed by atoms with Crippen molar-refractivity contribution in [3.8, 4) is 6.07 Å². The monoisotopic (exact) mass is 189 g/mol. The predicted molar refractivity (Wildman–Crippen MR) is 54.6 cm³/mol. The molecule has 14 heavy (non-hydrogen) atoms. The Kier molecular flexibility index (Phi) is 2.85. The van der Waals surface area contributed by atoms with Crippen LogP contribution >= 0.6 is 0 Å². The molecular formula is C11H15N3. The van der Waals surface area contributed by atoms with E-state index in [1.165, 1.54) is 0 Å². The lowest BCUT2D eigenvalue weighted by Gasteiger charge is -2.17. The van der Waals surface area contributed by atoms with Crippen molar-refractivity contribution in [2.24, 2.45) is 5.41 Å². The van der Waals surface area contributed by atoms with E-state index in [0.717, 1.165) is 12.1 Å². The normalized spacial score (nSPS) is 11.1. The van der Waals surface area contributed by atoms with Crippen LogP contribution < -0.4 is 0 Å². The van der Waals surface area contributed by atoms with E-state index >= 15 is 0 Å². The molecule has 0 amide bonds. The lowest BCUT2D eigenvalue weighted by molar-refractivity contribution is 0.405. The number of aryl methyl sites for hydroxylation is 1. The molecule has 0 aliphatic heterocycles. The maximum absolute atomic E-state index is 8.74. The molecule has 0 aliphatic carbocycles. The van der Waals surface area contributed by atoms with Crippen molar-refractivity contribution in [3.05, 3.63) is 23.3 Å². The molecule has 0 spiro atoms. The highest BCUT2D eigenvalue weighted by Gasteiger charge is 2.13. The molecule has 0 unspecified atom stereocenters. The number of hydrogen-bond donors (Lipinski definition) is 0. The minimum absolute atomic E-state index is 0.188. The Morgan fingerprint density at radius 3 is 2.50 bits per heavy atom. The molecule has 1 rings (SSSR count). The molecule has 1 aromatic heterocycles. The highest BCUT2D eigenvalue weighted by Crippen LogP contribution is 2.19. The van der Waals surface area contributed by atoms with Crippen LogP contribution in [-0.2, 0) is 6.42 Å². The van der Waals surface area contributed by atoms with Crippen LogP contribution in [0.1, 0.15) is 38.0 Å². The Hall–Kier alpha value is -1.43. The van der Waals surface area contributed by atoms with E-state index < -0.39 is 0 Å². The fourth-order valence-electron chi connectivity index (χ4n) is 1.32. The molecular weight excluding hydrogens is 174 g/mol. The predicted octanol–water partition coefficient (Wildman–Crippen LogP) is 2.25. The van der Waals surface area contributed by atoms with Crippen molar-refractivity contribution >= 4 is 0 Å². The van der Waals surface area contributed by atoms with E-state index in [4.69, 9.17) is 5.26 Å². The Labute approximate surface area is 84.8 Å². The van der Waals surface area contributed by atoms with E-state index in [-0.39, 0.29) is 5.41 Å². The van der Waals surface area contributed by atoms with Gasteiger partial charge < -0.3 is 0 Å². The van der Waals surface area contributed by atoms with E-state index in [0.29, 0.717) is 11.5 Å². The van der Waals surface area contributed by atoms with Gasteiger partial charge in [0.05, 0.1) is 0 Å². The highest BCUT2D eigenvalue weighted by atomic mass is 14.9. The largest absolute Gasteiger partial charge is 0.238 e. The number of nitrogens with zero attached hydrogens (tertiary/aromatic N) is 3. The molecule has 0 bridgehead atoms. The van der Waals surface area contributed by atoms with E-state index in [2.05, 4.69) is 30.7 Å². The first-order valence-corrected chi connectivity index (χ1v) is 4.65. The summed E-state index contributed by atoms with van der Waals surface area (Å²) in [5.41, 5.74) is 1.59. The second-order valence-electron chi connectivity index (χ2n) is 4.64. The second-order valence-corrected chi connectivity index (χ2v) is 4.64. The van der Waals surface area contributed by atoms with Gasteiger partial charge in [-0.15, -0.1) is 0 Å². The molecule has 0 saturated carbocycles. The van der Waals surface area contributed by atoms with Crippen LogP contribution in [0.25, 0.3) is 0 Å². The van der Waals surface area contributed by atoms with Gasteiger partial charge in [-0.05, 0) is 24.8 Å². The van der Waals surface area contributed by atoms with Crippen LogP contribution in [0.2, 0.25) is 0 Å². The summed E-state index contributed by atoms with van der Waals surface area (Å²) >= 11 is 0. The third-order valence-corrected chi connectivity index (χ3v) is 1.72. The summed E-state index contributed by atoms with van der Waals surface area (Å²) in [6.07, 6.45) is 0.866. The van der Waals surface area contributed by atoms with Gasteiger partial charge in [0.15, 0.2) is 0 Å². The zero-order valence-electron chi connectivity index (χ0n) is 9.13. The number of aromatic nitrogens is 2. The minimum atomic E-state index is 0.188. The van der Waals surface area contributed by atoms with Crippen LogP contribution in [0.3, 0.4) is 0 Å². The van der Waals surface area contributed by atoms with Crippen LogP contribution in [-0.4, -0.2) is 9.97 Å². The van der Waals surface area contributed by atoms with E-state index in [9.17, 15) is 0 Å². The van der Waals surface area contributed by atoms with Gasteiger partial charge in [-0.3, -0.25) is 0 Å². The Morgan fingerprint density at radius 1 is 1.36 bits per heavy atom. The lowest BCUT2D eigenvalue weighted by atomic mass is 9.90. The molecule has 3 heteroatoms. The van der Waals surface area contributed by atoms with Crippen LogP contribution in [0, 0.1) is 23.7 Å². The minimum Gasteiger partial charge on any atom is -0.238 e. The highest BCUT2D eigenvalue weighted by molar-refractivity contribution is 5.23. The summed E-state index contributed by atoms with van der Waals surface area (Å²) in [5.74, 6) is 0.670. The molecule has 1 heterocycles. The first-order valence-electron chi connectivity index (χ1n) is 4.65. The molecule has 74 valence electrons. The van der Waals surface area contributed by atoms with Crippen molar-refractivity contribution in [1.82, 2.24) is 9.97 Å². The van der Waals surface area contributed by atoms with Crippen LogP contribution in [0.5, 0.6) is 0 Å². The quantitative estimate of drug-likeness (QED) is 0.680. The SMILES string of the molecule is Cc1nc(C#N)cc(CC(C)(C)C)n1. The summed E-state index contributed by atoms with van der Waals surface area (Å²) in [5, 5.41) is 8.74. The topological polar surface area (TPSA) is 49.6 Å². The summed E-state index contributed by atoms with van der Waals surface area (Å²) in [4.78, 5) is 8.32. The fraction of sp³-hybridized carbons (Fsp3) is 0.545. The zero-order valence-corrected chi connectivity index (χ0v) is 9.13. The zero-order chi connectivity index (χ0) is 10.8. The van der Waals surface area contributed by atoms with Gasteiger partial charge in [-0.1, -0.05) is 20.8 Å². The molecule has 0 aliphatic rings. The third kappa shape index (κ3) is 3.14. The van der Waals surface area contributed by atoms with Gasteiger partial charge in [0.2, 0.25) is 0 Å². The van der Waals surface area contributed by atoms with E-state index in [1.54, 1.807) is 6.07 Å². The standard InChI is InChI=1S/C11H15N3/c1-8-13-9(6-11(2,3)4)5-10(7-12)14-8/h5H,6H2,1-4H3. The molecule has 1 aromatic rings. The van der Waals surface area contributed by atoms with Crippen molar-refractivity contribution in [2.75, 3.05) is 0 Å². The molecule has 0 atom stereocenters. The van der Waals surface area contributed by atoms with Crippen molar-refractivity contribution < 1.29 is 0 Å². The lowest BCUT2D eigenvalue weighted by Crippen LogP contribution is -2.11. The van der Waals surface area contributed by atoms with Crippen molar-refractivity contribution in [2.45, 2.75) is 34.1 Å². The molecule has 3 nitrogen and oxygen atoms in total. The number of rotatable bonds is 1. The van der Waals surface area contributed by atoms with Crippen molar-refractivity contribution in [1.29, 1.82) is 5.26 Å². The summed E-state index contributed by atoms with van der Waals surface area (Å²) in [6.45, 7) is 8.26. The number of nitriles is 1. The van der Waals surface area contributed by atoms with Gasteiger partial charge in [-0.2, -0.15) is 5.26 Å². The van der Waals surface area contributed by atoms with Gasteiger partial charge in [0, 0.05) is 5.69 Å². The first kappa shape index (κ1) is 10.6. The van der Waals surface area contributed by atoms with E-state index in [1.807, 2.05) is 13.0 Å². The van der Waals surface area contributed by atoms with Crippen molar-refractivity contribution in [3.63, 3.8) is 0 Å². The molecule has 0 N–H and O–H groups in total. The summed E-state index contributed by atoms with van der Waals surface area (Å²) in [6, 6.07) is 3.80. The maximum atomic E-state index is 8.74. The van der Waals surface area contributed by atoms with Gasteiger partial charge in [0.1, 0.15) is 17.6 Å². The second kappa shape index (κ2) is 3.75. The average molecular weight is 189 g/mol. The van der Waals surface area contributed by atoms with Crippen LogP contribution in [0.15, 0.2) is 6.07 Å². The van der Waals surface area contributed by atoms with Crippen LogP contribution in [0.4, 0.5) is 0 Å². The molecule has 0 fully saturated rings. The number of hydrogen-bond acceptors (Lipinski definition) is 3. The molecule has 0 aromatic carbocycles. The third-order valence-electron chi connectivity index (χ3n) is 1.72. The Morgan fingerprint density at radius 2 is 2.00 bits per heavy atom. The summed E-state index contributed by atoms with van der Waals surface area (Å²) in [7, 11) is 0. The Bertz CT molecular complexity index is 369. The fourth-order valence-corrected chi connectivity index (χ4v) is 1.32. The first-order chi connectivity index (χ1) is 6.40. The Balaban J connectivity index is 3.00. The smallest absolute Gasteiger partial charge is 0.144 e. The van der Waals surface area contributed by atoms with Gasteiger partial charge in [-0.25, -0.2) is 9.97 Å². The summed E-state index contributed by atoms with van der Waals surface area (Å²) < 4.78 is 0. The van der Waals surface area contributed by atoms with Gasteiger partial charge >= 0.3 is 0 Å². The molecule has 0 radical (unpaired) electrons. The van der Waals surface area contributed by atoms with Gasteiger partial charge in [0.25, 0.3) is 0 Å². The average Bonchev–Trinajstić information content (AvgIpc) is 1.99.